The number of sulfone groups is 1. The summed E-state index contributed by atoms with van der Waals surface area (Å²) in [5.41, 5.74) is 5.31. The van der Waals surface area contributed by atoms with E-state index in [9.17, 15) is 18.0 Å². The lowest BCUT2D eigenvalue weighted by Crippen LogP contribution is -2.46. The molecule has 0 spiro atoms. The van der Waals surface area contributed by atoms with Crippen molar-refractivity contribution in [1.29, 1.82) is 0 Å². The third-order valence-corrected chi connectivity index (χ3v) is 8.41. The van der Waals surface area contributed by atoms with Gasteiger partial charge in [-0.3, -0.25) is 19.1 Å². The van der Waals surface area contributed by atoms with Gasteiger partial charge in [-0.05, 0) is 45.0 Å². The number of hydrogen-bond donors (Lipinski definition) is 2. The van der Waals surface area contributed by atoms with Crippen molar-refractivity contribution in [2.75, 3.05) is 12.8 Å². The molecule has 3 N–H and O–H groups in total. The zero-order chi connectivity index (χ0) is 26.0. The van der Waals surface area contributed by atoms with E-state index in [2.05, 4.69) is 15.0 Å². The number of hydrogen-bond acceptors (Lipinski definition) is 11. The van der Waals surface area contributed by atoms with Gasteiger partial charge in [0.15, 0.2) is 44.0 Å². The summed E-state index contributed by atoms with van der Waals surface area (Å²) in [6.45, 7) is 4.53. The summed E-state index contributed by atoms with van der Waals surface area (Å²) in [5, 5.41) is -1.60. The predicted octanol–water partition coefficient (Wildman–Crippen LogP) is 0.559. The second kappa shape index (κ2) is 8.37. The Balaban J connectivity index is 1.60. The molecule has 1 aromatic carbocycles. The molecule has 0 radical (unpaired) electrons. The molecule has 36 heavy (non-hydrogen) atoms. The van der Waals surface area contributed by atoms with Crippen LogP contribution in [0.3, 0.4) is 0 Å². The van der Waals surface area contributed by atoms with Crippen molar-refractivity contribution in [3.05, 3.63) is 40.9 Å². The summed E-state index contributed by atoms with van der Waals surface area (Å²) < 4.78 is 52.2. The van der Waals surface area contributed by atoms with Gasteiger partial charge in [0.05, 0.1) is 18.3 Å². The molecule has 14 heteroatoms. The number of methoxy groups -OCH3 is 1. The largest absolute Gasteiger partial charge is 0.497 e. The number of nitrogens with zero attached hydrogens (tertiary/aromatic N) is 3. The molecule has 3 aromatic rings. The Hall–Kier alpha value is -3.33. The van der Waals surface area contributed by atoms with Crippen LogP contribution >= 0.6 is 0 Å². The quantitative estimate of drug-likeness (QED) is 0.465. The number of rotatable bonds is 6. The number of anilines is 1. The number of aromatic amines is 1. The van der Waals surface area contributed by atoms with Crippen LogP contribution in [0, 0.1) is 0 Å². The Kier molecular flexibility index (Phi) is 5.66. The van der Waals surface area contributed by atoms with Gasteiger partial charge in [-0.15, -0.1) is 0 Å². The van der Waals surface area contributed by atoms with E-state index < -0.39 is 56.8 Å². The van der Waals surface area contributed by atoms with Crippen molar-refractivity contribution in [2.45, 2.75) is 61.2 Å². The Morgan fingerprint density at radius 3 is 2.53 bits per heavy atom. The molecule has 2 saturated heterocycles. The molecule has 0 amide bonds. The van der Waals surface area contributed by atoms with Gasteiger partial charge in [0, 0.05) is 0 Å². The molecule has 2 aromatic heterocycles. The highest BCUT2D eigenvalue weighted by Gasteiger charge is 2.61. The monoisotopic (exact) mass is 519 g/mol. The third kappa shape index (κ3) is 3.86. The number of imidazole rings is 1. The zero-order valence-corrected chi connectivity index (χ0v) is 20.7. The first-order valence-corrected chi connectivity index (χ1v) is 12.6. The van der Waals surface area contributed by atoms with Crippen molar-refractivity contribution in [2.24, 2.45) is 0 Å². The van der Waals surface area contributed by atoms with Crippen molar-refractivity contribution in [3.63, 3.8) is 0 Å². The summed E-state index contributed by atoms with van der Waals surface area (Å²) >= 11 is 0. The van der Waals surface area contributed by atoms with Crippen molar-refractivity contribution < 1.29 is 32.2 Å². The summed E-state index contributed by atoms with van der Waals surface area (Å²) in [6, 6.07) is 5.72. The molecule has 0 saturated carbocycles. The van der Waals surface area contributed by atoms with Crippen LogP contribution < -0.4 is 16.0 Å². The van der Waals surface area contributed by atoms with E-state index in [0.717, 1.165) is 0 Å². The van der Waals surface area contributed by atoms with Crippen molar-refractivity contribution in [1.82, 2.24) is 19.5 Å². The van der Waals surface area contributed by atoms with Crippen LogP contribution in [0.15, 0.2) is 40.3 Å². The van der Waals surface area contributed by atoms with E-state index in [1.165, 1.54) is 49.2 Å². The van der Waals surface area contributed by atoms with Gasteiger partial charge < -0.3 is 24.7 Å². The van der Waals surface area contributed by atoms with E-state index in [1.807, 2.05) is 0 Å². The average molecular weight is 520 g/mol. The van der Waals surface area contributed by atoms with Crippen LogP contribution in [-0.2, 0) is 28.8 Å². The van der Waals surface area contributed by atoms with Crippen LogP contribution in [0.4, 0.5) is 5.95 Å². The second-order valence-corrected chi connectivity index (χ2v) is 11.2. The summed E-state index contributed by atoms with van der Waals surface area (Å²) in [7, 11) is -2.75. The number of Topliss-reactive ketones (excluding diaryl/α,β-unsaturated/α-hetero) is 1. The number of carbonyl (C=O) groups is 1. The maximum atomic E-state index is 13.7. The average Bonchev–Trinajstić information content (AvgIpc) is 3.45. The Morgan fingerprint density at radius 2 is 1.89 bits per heavy atom. The number of carbonyl (C=O) groups excluding carboxylic acids is 1. The van der Waals surface area contributed by atoms with E-state index in [4.69, 9.17) is 24.7 Å². The minimum atomic E-state index is -4.21. The molecule has 0 bridgehead atoms. The molecular weight excluding hydrogens is 494 g/mol. The highest BCUT2D eigenvalue weighted by atomic mass is 32.2. The minimum Gasteiger partial charge on any atom is -0.497 e. The van der Waals surface area contributed by atoms with Gasteiger partial charge in [0.1, 0.15) is 24.1 Å². The summed E-state index contributed by atoms with van der Waals surface area (Å²) in [5.74, 6) is -1.39. The van der Waals surface area contributed by atoms with Crippen LogP contribution in [-0.4, -0.2) is 70.2 Å². The number of nitrogens with one attached hydrogen (secondary N) is 1. The maximum absolute atomic E-state index is 13.7. The van der Waals surface area contributed by atoms with Crippen LogP contribution in [0.1, 0.15) is 27.0 Å². The molecule has 1 unspecified atom stereocenters. The Morgan fingerprint density at radius 1 is 1.22 bits per heavy atom. The third-order valence-electron chi connectivity index (χ3n) is 6.21. The number of aromatic nitrogens is 4. The fraction of sp³-hybridized carbons (Fsp3) is 0.455. The number of benzene rings is 1. The molecule has 4 heterocycles. The minimum absolute atomic E-state index is 0.0138. The molecule has 0 aliphatic carbocycles. The molecule has 192 valence electrons. The molecule has 5 rings (SSSR count). The van der Waals surface area contributed by atoms with Gasteiger partial charge in [0.2, 0.25) is 5.95 Å². The maximum Gasteiger partial charge on any atom is 0.280 e. The van der Waals surface area contributed by atoms with Crippen molar-refractivity contribution >= 4 is 32.7 Å². The summed E-state index contributed by atoms with van der Waals surface area (Å²) in [6.07, 6.45) is -2.68. The number of nitrogens with two attached hydrogens (primary N) is 1. The van der Waals surface area contributed by atoms with Gasteiger partial charge >= 0.3 is 0 Å². The molecule has 2 fully saturated rings. The number of fused-ring (bicyclic) bond motifs is 2. The normalized spacial score (nSPS) is 26.1. The molecule has 13 nitrogen and oxygen atoms in total. The first-order chi connectivity index (χ1) is 16.9. The first kappa shape index (κ1) is 24.4. The van der Waals surface area contributed by atoms with Crippen LogP contribution in [0.2, 0.25) is 0 Å². The molecule has 5 atom stereocenters. The second-order valence-electron chi connectivity index (χ2n) is 9.08. The van der Waals surface area contributed by atoms with Crippen molar-refractivity contribution in [3.8, 4) is 5.75 Å². The van der Waals surface area contributed by atoms with Crippen LogP contribution in [0.25, 0.3) is 11.2 Å². The van der Waals surface area contributed by atoms with Gasteiger partial charge in [-0.2, -0.15) is 4.98 Å². The topological polar surface area (TPSA) is 178 Å². The van der Waals surface area contributed by atoms with Gasteiger partial charge in [-0.1, -0.05) is 0 Å². The van der Waals surface area contributed by atoms with Gasteiger partial charge in [0.25, 0.3) is 5.56 Å². The standard InChI is InChI=1S/C22H25N5O8S/c1-10(28)17(36(30,31)12-7-5-11(32-4)6-8-12)15-14-16(35-22(2,3)34-14)20(33-15)27-9-24-13-18(27)25-21(23)26-19(13)29/h5-9,14-17,20H,1-4H3,(H3,23,25,26,29)/t14-,15+,16-,17?,20-/m1/s1. The highest BCUT2D eigenvalue weighted by molar-refractivity contribution is 7.92. The molecular formula is C22H25N5O8S. The van der Waals surface area contributed by atoms with E-state index in [0.29, 0.717) is 5.75 Å². The first-order valence-electron chi connectivity index (χ1n) is 11.0. The lowest BCUT2D eigenvalue weighted by Gasteiger charge is -2.28. The zero-order valence-electron chi connectivity index (χ0n) is 19.9. The van der Waals surface area contributed by atoms with Gasteiger partial charge in [-0.25, -0.2) is 13.4 Å². The fourth-order valence-electron chi connectivity index (χ4n) is 4.74. The number of nitrogen functional groups attached to an aromatic ring is 1. The smallest absolute Gasteiger partial charge is 0.280 e. The lowest BCUT2D eigenvalue weighted by molar-refractivity contribution is -0.196. The Labute approximate surface area is 205 Å². The summed E-state index contributed by atoms with van der Waals surface area (Å²) in [4.78, 5) is 35.7. The Bertz CT molecular complexity index is 1500. The predicted molar refractivity (Wildman–Crippen MR) is 125 cm³/mol. The lowest BCUT2D eigenvalue weighted by atomic mass is 10.1. The molecule has 2 aliphatic heterocycles. The highest BCUT2D eigenvalue weighted by Crippen LogP contribution is 2.46. The van der Waals surface area contributed by atoms with E-state index >= 15 is 0 Å². The number of H-pyrrole nitrogens is 1. The van der Waals surface area contributed by atoms with E-state index in [-0.39, 0.29) is 22.0 Å². The van der Waals surface area contributed by atoms with Crippen LogP contribution in [0.5, 0.6) is 5.75 Å². The number of ether oxygens (including phenoxy) is 4. The SMILES string of the molecule is COc1ccc(S(=O)(=O)C(C(C)=O)[C@H]2O[C@@H](n3cnc4c(=O)[nH]c(N)nc43)[C@@H]3OC(C)(C)O[C@@H]32)cc1. The molecule has 2 aliphatic rings. The van der Waals surface area contributed by atoms with E-state index in [1.54, 1.807) is 13.8 Å². The fourth-order valence-corrected chi connectivity index (χ4v) is 6.56. The number of ketones is 1.